The summed E-state index contributed by atoms with van der Waals surface area (Å²) < 4.78 is 33.9. The molecule has 0 saturated heterocycles. The van der Waals surface area contributed by atoms with E-state index in [1.165, 1.54) is 26.4 Å². The summed E-state index contributed by atoms with van der Waals surface area (Å²) in [6, 6.07) is 4.60. The van der Waals surface area contributed by atoms with Gasteiger partial charge >= 0.3 is 0 Å². The first-order valence-electron chi connectivity index (χ1n) is 4.89. The molecule has 0 spiro atoms. The Morgan fingerprint density at radius 2 is 1.62 bits per heavy atom. The van der Waals surface area contributed by atoms with Crippen molar-refractivity contribution in [1.82, 2.24) is 0 Å². The van der Waals surface area contributed by atoms with Crippen LogP contribution in [0, 0.1) is 0 Å². The Kier molecular flexibility index (Phi) is 3.80. The Labute approximate surface area is 96.1 Å². The SMILES string of the molecule is COc1ccc(S(=O)(=O)C(C)C)cc1OC. The van der Waals surface area contributed by atoms with Gasteiger partial charge in [0.15, 0.2) is 21.3 Å². The fourth-order valence-electron chi connectivity index (χ4n) is 1.27. The van der Waals surface area contributed by atoms with E-state index in [1.807, 2.05) is 0 Å². The third-order valence-electron chi connectivity index (χ3n) is 2.30. The molecule has 0 amide bonds. The summed E-state index contributed by atoms with van der Waals surface area (Å²) in [5.74, 6) is 0.939. The van der Waals surface area contributed by atoms with Gasteiger partial charge < -0.3 is 9.47 Å². The maximum atomic E-state index is 11.9. The molecule has 5 heteroatoms. The molecule has 90 valence electrons. The van der Waals surface area contributed by atoms with Gasteiger partial charge in [-0.25, -0.2) is 8.42 Å². The smallest absolute Gasteiger partial charge is 0.180 e. The van der Waals surface area contributed by atoms with E-state index in [2.05, 4.69) is 0 Å². The van der Waals surface area contributed by atoms with Crippen LogP contribution in [-0.4, -0.2) is 27.9 Å². The zero-order valence-corrected chi connectivity index (χ0v) is 10.7. The van der Waals surface area contributed by atoms with Crippen molar-refractivity contribution in [3.63, 3.8) is 0 Å². The lowest BCUT2D eigenvalue weighted by molar-refractivity contribution is 0.354. The lowest BCUT2D eigenvalue weighted by Crippen LogP contribution is -2.14. The molecule has 0 atom stereocenters. The zero-order chi connectivity index (χ0) is 12.3. The van der Waals surface area contributed by atoms with E-state index in [9.17, 15) is 8.42 Å². The van der Waals surface area contributed by atoms with Crippen LogP contribution in [0.2, 0.25) is 0 Å². The molecule has 1 rings (SSSR count). The highest BCUT2D eigenvalue weighted by molar-refractivity contribution is 7.92. The van der Waals surface area contributed by atoms with E-state index in [0.29, 0.717) is 11.5 Å². The number of sulfone groups is 1. The van der Waals surface area contributed by atoms with Gasteiger partial charge in [-0.05, 0) is 26.0 Å². The van der Waals surface area contributed by atoms with E-state index in [1.54, 1.807) is 19.9 Å². The molecular weight excluding hydrogens is 228 g/mol. The van der Waals surface area contributed by atoms with Gasteiger partial charge in [-0.2, -0.15) is 0 Å². The maximum Gasteiger partial charge on any atom is 0.180 e. The Bertz CT molecular complexity index is 463. The van der Waals surface area contributed by atoms with Crippen LogP contribution in [0.1, 0.15) is 13.8 Å². The van der Waals surface area contributed by atoms with Crippen molar-refractivity contribution in [2.45, 2.75) is 24.0 Å². The molecule has 0 aliphatic rings. The van der Waals surface area contributed by atoms with Crippen molar-refractivity contribution in [2.24, 2.45) is 0 Å². The van der Waals surface area contributed by atoms with Gasteiger partial charge in [0.1, 0.15) is 0 Å². The molecule has 0 aliphatic carbocycles. The molecule has 16 heavy (non-hydrogen) atoms. The molecule has 0 N–H and O–H groups in total. The Balaban J connectivity index is 3.29. The largest absolute Gasteiger partial charge is 0.493 e. The third kappa shape index (κ3) is 2.29. The average Bonchev–Trinajstić information content (AvgIpc) is 2.27. The number of hydrogen-bond acceptors (Lipinski definition) is 4. The van der Waals surface area contributed by atoms with Crippen LogP contribution < -0.4 is 9.47 Å². The molecule has 1 aromatic rings. The number of benzene rings is 1. The average molecular weight is 244 g/mol. The first-order chi connectivity index (χ1) is 7.43. The maximum absolute atomic E-state index is 11.9. The van der Waals surface area contributed by atoms with Gasteiger partial charge in [-0.3, -0.25) is 0 Å². The molecule has 0 heterocycles. The molecule has 0 radical (unpaired) electrons. The lowest BCUT2D eigenvalue weighted by atomic mass is 10.3. The second-order valence-corrected chi connectivity index (χ2v) is 6.11. The van der Waals surface area contributed by atoms with Gasteiger partial charge in [0.25, 0.3) is 0 Å². The minimum Gasteiger partial charge on any atom is -0.493 e. The van der Waals surface area contributed by atoms with Crippen molar-refractivity contribution >= 4 is 9.84 Å². The highest BCUT2D eigenvalue weighted by Gasteiger charge is 2.20. The van der Waals surface area contributed by atoms with Crippen molar-refractivity contribution in [3.8, 4) is 11.5 Å². The molecule has 0 bridgehead atoms. The normalized spacial score (nSPS) is 11.6. The van der Waals surface area contributed by atoms with Gasteiger partial charge in [0.2, 0.25) is 0 Å². The lowest BCUT2D eigenvalue weighted by Gasteiger charge is -2.11. The van der Waals surface area contributed by atoms with Crippen LogP contribution in [0.4, 0.5) is 0 Å². The summed E-state index contributed by atoms with van der Waals surface area (Å²) >= 11 is 0. The molecule has 0 aliphatic heterocycles. The number of rotatable bonds is 4. The minimum atomic E-state index is -3.27. The van der Waals surface area contributed by atoms with Crippen LogP contribution >= 0.6 is 0 Å². The fourth-order valence-corrected chi connectivity index (χ4v) is 2.34. The first-order valence-corrected chi connectivity index (χ1v) is 6.44. The van der Waals surface area contributed by atoms with Crippen LogP contribution in [-0.2, 0) is 9.84 Å². The van der Waals surface area contributed by atoms with E-state index in [0.717, 1.165) is 0 Å². The number of methoxy groups -OCH3 is 2. The van der Waals surface area contributed by atoms with Crippen molar-refractivity contribution in [1.29, 1.82) is 0 Å². The van der Waals surface area contributed by atoms with E-state index in [-0.39, 0.29) is 4.90 Å². The van der Waals surface area contributed by atoms with E-state index >= 15 is 0 Å². The van der Waals surface area contributed by atoms with Gasteiger partial charge in [-0.1, -0.05) is 0 Å². The van der Waals surface area contributed by atoms with Gasteiger partial charge in [-0.15, -0.1) is 0 Å². The Morgan fingerprint density at radius 1 is 1.06 bits per heavy atom. The Morgan fingerprint density at radius 3 is 2.06 bits per heavy atom. The summed E-state index contributed by atoms with van der Waals surface area (Å²) in [7, 11) is -0.286. The number of ether oxygens (including phenoxy) is 2. The fraction of sp³-hybridized carbons (Fsp3) is 0.455. The third-order valence-corrected chi connectivity index (χ3v) is 4.46. The number of hydrogen-bond donors (Lipinski definition) is 0. The van der Waals surface area contributed by atoms with Crippen molar-refractivity contribution in [2.75, 3.05) is 14.2 Å². The molecule has 0 unspecified atom stereocenters. The molecule has 0 aromatic heterocycles. The quantitative estimate of drug-likeness (QED) is 0.811. The van der Waals surface area contributed by atoms with Crippen molar-refractivity contribution in [3.05, 3.63) is 18.2 Å². The summed E-state index contributed by atoms with van der Waals surface area (Å²) in [5, 5.41) is -0.453. The predicted octanol–water partition coefficient (Wildman–Crippen LogP) is 1.89. The van der Waals surface area contributed by atoms with Crippen molar-refractivity contribution < 1.29 is 17.9 Å². The second-order valence-electron chi connectivity index (χ2n) is 3.61. The standard InChI is InChI=1S/C11H16O4S/c1-8(2)16(12,13)9-5-6-10(14-3)11(7-9)15-4/h5-8H,1-4H3. The first kappa shape index (κ1) is 12.8. The van der Waals surface area contributed by atoms with E-state index in [4.69, 9.17) is 9.47 Å². The summed E-state index contributed by atoms with van der Waals surface area (Å²) in [5.41, 5.74) is 0. The molecule has 0 saturated carbocycles. The van der Waals surface area contributed by atoms with E-state index < -0.39 is 15.1 Å². The predicted molar refractivity (Wildman–Crippen MR) is 61.9 cm³/mol. The Hall–Kier alpha value is -1.23. The monoisotopic (exact) mass is 244 g/mol. The van der Waals surface area contributed by atoms with Crippen LogP contribution in [0.3, 0.4) is 0 Å². The topological polar surface area (TPSA) is 52.6 Å². The molecule has 0 fully saturated rings. The van der Waals surface area contributed by atoms with Gasteiger partial charge in [0.05, 0.1) is 24.4 Å². The molecular formula is C11H16O4S. The zero-order valence-electron chi connectivity index (χ0n) is 9.85. The minimum absolute atomic E-state index is 0.250. The van der Waals surface area contributed by atoms with Crippen LogP contribution in [0.25, 0.3) is 0 Å². The van der Waals surface area contributed by atoms with Gasteiger partial charge in [0, 0.05) is 6.07 Å². The summed E-state index contributed by atoms with van der Waals surface area (Å²) in [4.78, 5) is 0.250. The van der Waals surface area contributed by atoms with Crippen LogP contribution in [0.5, 0.6) is 11.5 Å². The summed E-state index contributed by atoms with van der Waals surface area (Å²) in [6.07, 6.45) is 0. The molecule has 4 nitrogen and oxygen atoms in total. The second kappa shape index (κ2) is 4.74. The molecule has 1 aromatic carbocycles. The highest BCUT2D eigenvalue weighted by Crippen LogP contribution is 2.30. The summed E-state index contributed by atoms with van der Waals surface area (Å²) in [6.45, 7) is 3.29. The van der Waals surface area contributed by atoms with Crippen LogP contribution in [0.15, 0.2) is 23.1 Å². The highest BCUT2D eigenvalue weighted by atomic mass is 32.2.